The molecular formula is C19H25N3O. The number of likely N-dealkylation sites (N-methyl/N-ethyl adjacent to an activating group) is 1. The second-order valence-electron chi connectivity index (χ2n) is 6.96. The maximum absolute atomic E-state index is 5.91. The Morgan fingerprint density at radius 3 is 2.74 bits per heavy atom. The molecule has 2 saturated heterocycles. The summed E-state index contributed by atoms with van der Waals surface area (Å²) in [4.78, 5) is 9.91. The van der Waals surface area contributed by atoms with Crippen molar-refractivity contribution in [3.8, 4) is 11.5 Å². The zero-order valence-corrected chi connectivity index (χ0v) is 14.0. The fraction of sp³-hybridized carbons (Fsp3) is 0.526. The van der Waals surface area contributed by atoms with Gasteiger partial charge in [-0.2, -0.15) is 0 Å². The molecule has 1 aromatic heterocycles. The first-order chi connectivity index (χ1) is 11.2. The maximum Gasteiger partial charge on any atom is 0.226 e. The Hall–Kier alpha value is -1.65. The van der Waals surface area contributed by atoms with Gasteiger partial charge in [0.05, 0.1) is 5.69 Å². The van der Waals surface area contributed by atoms with E-state index in [4.69, 9.17) is 9.40 Å². The SMILES string of the molecule is Cc1oc(-c2ccccc2)nc1CN1CCC2CCC(C1)N2C. The van der Waals surface area contributed by atoms with Crippen molar-refractivity contribution < 1.29 is 4.42 Å². The summed E-state index contributed by atoms with van der Waals surface area (Å²) in [6.45, 7) is 5.25. The summed E-state index contributed by atoms with van der Waals surface area (Å²) in [6.07, 6.45) is 3.98. The number of hydrogen-bond acceptors (Lipinski definition) is 4. The zero-order chi connectivity index (χ0) is 15.8. The van der Waals surface area contributed by atoms with E-state index in [0.29, 0.717) is 6.04 Å². The third-order valence-corrected chi connectivity index (χ3v) is 5.52. The van der Waals surface area contributed by atoms with Crippen LogP contribution in [-0.4, -0.2) is 47.0 Å². The Kier molecular flexibility index (Phi) is 3.95. The summed E-state index contributed by atoms with van der Waals surface area (Å²) in [7, 11) is 2.29. The smallest absolute Gasteiger partial charge is 0.226 e. The largest absolute Gasteiger partial charge is 0.441 e. The van der Waals surface area contributed by atoms with Gasteiger partial charge in [0.1, 0.15) is 5.76 Å². The van der Waals surface area contributed by atoms with Gasteiger partial charge in [0, 0.05) is 37.3 Å². The van der Waals surface area contributed by atoms with Gasteiger partial charge < -0.3 is 4.42 Å². The molecule has 0 amide bonds. The van der Waals surface area contributed by atoms with Gasteiger partial charge in [-0.25, -0.2) is 4.98 Å². The first-order valence-corrected chi connectivity index (χ1v) is 8.66. The van der Waals surface area contributed by atoms with Gasteiger partial charge in [-0.1, -0.05) is 18.2 Å². The fourth-order valence-corrected chi connectivity index (χ4v) is 4.01. The molecule has 1 aromatic carbocycles. The molecule has 2 aromatic rings. The summed E-state index contributed by atoms with van der Waals surface area (Å²) in [6, 6.07) is 11.7. The molecule has 122 valence electrons. The lowest BCUT2D eigenvalue weighted by Crippen LogP contribution is -2.36. The van der Waals surface area contributed by atoms with Crippen LogP contribution in [0.3, 0.4) is 0 Å². The van der Waals surface area contributed by atoms with Crippen molar-refractivity contribution in [2.45, 2.75) is 44.8 Å². The number of aromatic nitrogens is 1. The van der Waals surface area contributed by atoms with Crippen LogP contribution in [0.2, 0.25) is 0 Å². The molecule has 23 heavy (non-hydrogen) atoms. The molecule has 0 saturated carbocycles. The lowest BCUT2D eigenvalue weighted by atomic mass is 10.1. The Balaban J connectivity index is 1.50. The third kappa shape index (κ3) is 2.93. The van der Waals surface area contributed by atoms with E-state index in [2.05, 4.69) is 29.0 Å². The Morgan fingerprint density at radius 1 is 1.13 bits per heavy atom. The highest BCUT2D eigenvalue weighted by molar-refractivity contribution is 5.53. The molecule has 0 N–H and O–H groups in total. The minimum absolute atomic E-state index is 0.711. The zero-order valence-electron chi connectivity index (χ0n) is 14.0. The highest BCUT2D eigenvalue weighted by atomic mass is 16.4. The standard InChI is InChI=1S/C19H25N3O/c1-14-18(20-19(23-14)15-6-4-3-5-7-15)13-22-11-10-16-8-9-17(12-22)21(16)2/h3-7,16-17H,8-13H2,1-2H3. The number of hydrogen-bond donors (Lipinski definition) is 0. The van der Waals surface area contributed by atoms with Gasteiger partial charge in [0.15, 0.2) is 0 Å². The second-order valence-corrected chi connectivity index (χ2v) is 6.96. The average molecular weight is 311 g/mol. The Morgan fingerprint density at radius 2 is 1.91 bits per heavy atom. The van der Waals surface area contributed by atoms with Crippen LogP contribution in [0.5, 0.6) is 0 Å². The molecule has 4 heteroatoms. The Labute approximate surface area is 138 Å². The molecule has 2 unspecified atom stereocenters. The molecule has 2 fully saturated rings. The van der Waals surface area contributed by atoms with Crippen molar-refractivity contribution in [1.29, 1.82) is 0 Å². The normalized spacial score (nSPS) is 25.7. The lowest BCUT2D eigenvalue weighted by molar-refractivity contribution is 0.213. The predicted octanol–water partition coefficient (Wildman–Crippen LogP) is 3.32. The number of rotatable bonds is 3. The topological polar surface area (TPSA) is 32.5 Å². The molecule has 2 bridgehead atoms. The van der Waals surface area contributed by atoms with Gasteiger partial charge in [0.2, 0.25) is 5.89 Å². The van der Waals surface area contributed by atoms with Crippen LogP contribution >= 0.6 is 0 Å². The molecule has 2 aliphatic rings. The first-order valence-electron chi connectivity index (χ1n) is 8.66. The first kappa shape index (κ1) is 14.9. The van der Waals surface area contributed by atoms with Crippen LogP contribution in [0.15, 0.2) is 34.7 Å². The van der Waals surface area contributed by atoms with Crippen molar-refractivity contribution in [2.24, 2.45) is 0 Å². The Bertz CT molecular complexity index is 667. The van der Waals surface area contributed by atoms with Crippen LogP contribution in [-0.2, 0) is 6.54 Å². The quantitative estimate of drug-likeness (QED) is 0.870. The molecule has 2 atom stereocenters. The monoisotopic (exact) mass is 311 g/mol. The van der Waals surface area contributed by atoms with E-state index in [1.165, 1.54) is 25.8 Å². The number of aryl methyl sites for hydroxylation is 1. The van der Waals surface area contributed by atoms with E-state index in [0.717, 1.165) is 42.0 Å². The second kappa shape index (κ2) is 6.10. The van der Waals surface area contributed by atoms with Gasteiger partial charge in [0.25, 0.3) is 0 Å². The van der Waals surface area contributed by atoms with Crippen LogP contribution < -0.4 is 0 Å². The van der Waals surface area contributed by atoms with Gasteiger partial charge in [-0.15, -0.1) is 0 Å². The van der Waals surface area contributed by atoms with Crippen molar-refractivity contribution in [2.75, 3.05) is 20.1 Å². The van der Waals surface area contributed by atoms with E-state index in [1.807, 2.05) is 25.1 Å². The summed E-state index contributed by atoms with van der Waals surface area (Å²) >= 11 is 0. The molecular weight excluding hydrogens is 286 g/mol. The third-order valence-electron chi connectivity index (χ3n) is 5.52. The summed E-state index contributed by atoms with van der Waals surface area (Å²) in [5.74, 6) is 1.69. The lowest BCUT2D eigenvalue weighted by Gasteiger charge is -2.25. The van der Waals surface area contributed by atoms with E-state index < -0.39 is 0 Å². The average Bonchev–Trinajstić information content (AvgIpc) is 3.03. The molecule has 0 aliphatic carbocycles. The number of oxazole rings is 1. The molecule has 0 radical (unpaired) electrons. The van der Waals surface area contributed by atoms with Crippen LogP contribution in [0.25, 0.3) is 11.5 Å². The van der Waals surface area contributed by atoms with Crippen LogP contribution in [0, 0.1) is 6.92 Å². The fourth-order valence-electron chi connectivity index (χ4n) is 4.01. The molecule has 2 aliphatic heterocycles. The highest BCUT2D eigenvalue weighted by Crippen LogP contribution is 2.29. The van der Waals surface area contributed by atoms with Gasteiger partial charge in [-0.05, 0) is 45.4 Å². The molecule has 4 rings (SSSR count). The number of benzene rings is 1. The molecule has 4 nitrogen and oxygen atoms in total. The van der Waals surface area contributed by atoms with Gasteiger partial charge >= 0.3 is 0 Å². The number of nitrogens with zero attached hydrogens (tertiary/aromatic N) is 3. The van der Waals surface area contributed by atoms with Crippen molar-refractivity contribution in [3.63, 3.8) is 0 Å². The molecule has 0 spiro atoms. The molecule has 3 heterocycles. The highest BCUT2D eigenvalue weighted by Gasteiger charge is 2.34. The van der Waals surface area contributed by atoms with E-state index in [-0.39, 0.29) is 0 Å². The van der Waals surface area contributed by atoms with E-state index >= 15 is 0 Å². The van der Waals surface area contributed by atoms with E-state index in [9.17, 15) is 0 Å². The van der Waals surface area contributed by atoms with Gasteiger partial charge in [-0.3, -0.25) is 9.80 Å². The summed E-state index contributed by atoms with van der Waals surface area (Å²) < 4.78 is 5.91. The van der Waals surface area contributed by atoms with Crippen molar-refractivity contribution >= 4 is 0 Å². The summed E-state index contributed by atoms with van der Waals surface area (Å²) in [5.41, 5.74) is 2.14. The summed E-state index contributed by atoms with van der Waals surface area (Å²) in [5, 5.41) is 0. The van der Waals surface area contributed by atoms with E-state index in [1.54, 1.807) is 0 Å². The number of fused-ring (bicyclic) bond motifs is 2. The number of likely N-dealkylation sites (tertiary alicyclic amines) is 1. The predicted molar refractivity (Wildman–Crippen MR) is 91.1 cm³/mol. The van der Waals surface area contributed by atoms with Crippen molar-refractivity contribution in [3.05, 3.63) is 41.8 Å². The minimum atomic E-state index is 0.711. The van der Waals surface area contributed by atoms with Crippen LogP contribution in [0.4, 0.5) is 0 Å². The minimum Gasteiger partial charge on any atom is -0.441 e. The maximum atomic E-state index is 5.91. The van der Waals surface area contributed by atoms with Crippen molar-refractivity contribution in [1.82, 2.24) is 14.8 Å². The van der Waals surface area contributed by atoms with Crippen LogP contribution in [0.1, 0.15) is 30.7 Å².